The second-order valence-electron chi connectivity index (χ2n) is 6.38. The molecule has 8 heteroatoms. The first-order valence-corrected chi connectivity index (χ1v) is 8.99. The van der Waals surface area contributed by atoms with E-state index in [1.807, 2.05) is 0 Å². The molecule has 2 aliphatic rings. The highest BCUT2D eigenvalue weighted by Crippen LogP contribution is 2.22. The summed E-state index contributed by atoms with van der Waals surface area (Å²) < 4.78 is 0. The Bertz CT molecular complexity index is 722. The van der Waals surface area contributed by atoms with Crippen LogP contribution in [0.15, 0.2) is 24.3 Å². The first-order chi connectivity index (χ1) is 12.4. The summed E-state index contributed by atoms with van der Waals surface area (Å²) >= 11 is 5.81. The summed E-state index contributed by atoms with van der Waals surface area (Å²) in [6, 6.07) is 6.65. The van der Waals surface area contributed by atoms with E-state index in [0.717, 1.165) is 4.90 Å². The molecule has 2 aliphatic heterocycles. The van der Waals surface area contributed by atoms with Crippen LogP contribution in [0.25, 0.3) is 0 Å². The number of hydrogen-bond acceptors (Lipinski definition) is 4. The average molecular weight is 378 g/mol. The van der Waals surface area contributed by atoms with Gasteiger partial charge in [0, 0.05) is 39.1 Å². The molecular weight excluding hydrogens is 358 g/mol. The molecule has 3 rings (SSSR count). The van der Waals surface area contributed by atoms with Gasteiger partial charge in [0.2, 0.25) is 11.8 Å². The largest absolute Gasteiger partial charge is 0.339 e. The highest BCUT2D eigenvalue weighted by molar-refractivity contribution is 6.30. The Morgan fingerprint density at radius 1 is 1.00 bits per heavy atom. The lowest BCUT2D eigenvalue weighted by Crippen LogP contribution is -2.52. The minimum absolute atomic E-state index is 0.0586. The molecule has 0 bridgehead atoms. The maximum Gasteiger partial charge on any atom is 0.261 e. The van der Waals surface area contributed by atoms with Gasteiger partial charge >= 0.3 is 0 Å². The van der Waals surface area contributed by atoms with Gasteiger partial charge in [-0.3, -0.25) is 24.1 Å². The number of halogens is 1. The van der Waals surface area contributed by atoms with Gasteiger partial charge in [-0.1, -0.05) is 12.1 Å². The zero-order valence-electron chi connectivity index (χ0n) is 14.5. The lowest BCUT2D eigenvalue weighted by molar-refractivity contribution is -0.139. The van der Waals surface area contributed by atoms with Crippen LogP contribution in [0.5, 0.6) is 0 Å². The summed E-state index contributed by atoms with van der Waals surface area (Å²) in [6.45, 7) is 3.42. The minimum Gasteiger partial charge on any atom is -0.339 e. The van der Waals surface area contributed by atoms with E-state index in [-0.39, 0.29) is 36.6 Å². The molecular formula is C18H20ClN3O4. The van der Waals surface area contributed by atoms with Gasteiger partial charge in [-0.05, 0) is 19.1 Å². The fraction of sp³-hybridized carbons (Fsp3) is 0.444. The van der Waals surface area contributed by atoms with Crippen LogP contribution in [0.3, 0.4) is 0 Å². The Labute approximate surface area is 156 Å². The summed E-state index contributed by atoms with van der Waals surface area (Å²) in [5.74, 6) is -0.979. The van der Waals surface area contributed by atoms with Crippen molar-refractivity contribution in [2.75, 3.05) is 32.7 Å². The van der Waals surface area contributed by atoms with Crippen LogP contribution in [-0.4, -0.2) is 76.4 Å². The van der Waals surface area contributed by atoms with Crippen LogP contribution in [0.2, 0.25) is 0 Å². The molecule has 0 aliphatic carbocycles. The number of carbonyl (C=O) groups is 4. The van der Waals surface area contributed by atoms with E-state index >= 15 is 0 Å². The Morgan fingerprint density at radius 2 is 1.50 bits per heavy atom. The van der Waals surface area contributed by atoms with Gasteiger partial charge in [0.05, 0.1) is 11.1 Å². The highest BCUT2D eigenvalue weighted by atomic mass is 35.5. The fourth-order valence-corrected chi connectivity index (χ4v) is 3.37. The summed E-state index contributed by atoms with van der Waals surface area (Å²) in [6.07, 6.45) is 0.0747. The molecule has 26 heavy (non-hydrogen) atoms. The number of rotatable bonds is 4. The smallest absolute Gasteiger partial charge is 0.261 e. The van der Waals surface area contributed by atoms with Crippen LogP contribution in [0, 0.1) is 0 Å². The number of piperazine rings is 1. The Hall–Kier alpha value is -2.41. The van der Waals surface area contributed by atoms with E-state index in [0.29, 0.717) is 37.3 Å². The number of carbonyl (C=O) groups excluding carboxylic acids is 4. The first-order valence-electron chi connectivity index (χ1n) is 8.56. The van der Waals surface area contributed by atoms with Crippen molar-refractivity contribution in [3.8, 4) is 0 Å². The number of amides is 4. The third kappa shape index (κ3) is 3.44. The van der Waals surface area contributed by atoms with Crippen molar-refractivity contribution in [3.63, 3.8) is 0 Å². The molecule has 0 spiro atoms. The Balaban J connectivity index is 1.52. The molecule has 1 unspecified atom stereocenters. The number of alkyl halides is 1. The maximum absolute atomic E-state index is 12.4. The second-order valence-corrected chi connectivity index (χ2v) is 7.03. The molecule has 0 N–H and O–H groups in total. The predicted molar refractivity (Wildman–Crippen MR) is 94.9 cm³/mol. The molecule has 4 amide bonds. The van der Waals surface area contributed by atoms with Crippen molar-refractivity contribution in [3.05, 3.63) is 35.4 Å². The van der Waals surface area contributed by atoms with Crippen LogP contribution in [-0.2, 0) is 9.59 Å². The Kier molecular flexibility index (Phi) is 5.27. The van der Waals surface area contributed by atoms with Gasteiger partial charge < -0.3 is 9.80 Å². The van der Waals surface area contributed by atoms with Crippen molar-refractivity contribution in [2.45, 2.75) is 18.7 Å². The number of fused-ring (bicyclic) bond motifs is 1. The zero-order valence-corrected chi connectivity index (χ0v) is 15.2. The highest BCUT2D eigenvalue weighted by Gasteiger charge is 2.35. The number of benzene rings is 1. The van der Waals surface area contributed by atoms with Gasteiger partial charge in [0.15, 0.2) is 0 Å². The van der Waals surface area contributed by atoms with Crippen LogP contribution in [0.1, 0.15) is 34.1 Å². The quantitative estimate of drug-likeness (QED) is 0.578. The fourth-order valence-electron chi connectivity index (χ4n) is 3.24. The van der Waals surface area contributed by atoms with Gasteiger partial charge in [0.1, 0.15) is 5.38 Å². The standard InChI is InChI=1S/C18H20ClN3O4/c1-12(19)16(24)21-10-8-20(9-11-21)15(23)6-7-22-17(25)13-4-2-3-5-14(13)18(22)26/h2-5,12H,6-11H2,1H3. The van der Waals surface area contributed by atoms with E-state index in [1.165, 1.54) is 0 Å². The molecule has 1 atom stereocenters. The summed E-state index contributed by atoms with van der Waals surface area (Å²) in [7, 11) is 0. The summed E-state index contributed by atoms with van der Waals surface area (Å²) in [5, 5.41) is -0.578. The predicted octanol–water partition coefficient (Wildman–Crippen LogP) is 0.971. The molecule has 0 aromatic heterocycles. The maximum atomic E-state index is 12.4. The van der Waals surface area contributed by atoms with Crippen molar-refractivity contribution in [1.82, 2.24) is 14.7 Å². The molecule has 0 radical (unpaired) electrons. The normalized spacial score (nSPS) is 18.2. The number of nitrogens with zero attached hydrogens (tertiary/aromatic N) is 3. The van der Waals surface area contributed by atoms with Crippen LogP contribution in [0.4, 0.5) is 0 Å². The zero-order chi connectivity index (χ0) is 18.8. The van der Waals surface area contributed by atoms with Crippen LogP contribution < -0.4 is 0 Å². The lowest BCUT2D eigenvalue weighted by atomic mass is 10.1. The summed E-state index contributed by atoms with van der Waals surface area (Å²) in [4.78, 5) is 53.3. The second kappa shape index (κ2) is 7.45. The van der Waals surface area contributed by atoms with Gasteiger partial charge in [-0.2, -0.15) is 0 Å². The topological polar surface area (TPSA) is 78.0 Å². The third-order valence-corrected chi connectivity index (χ3v) is 4.90. The van der Waals surface area contributed by atoms with Gasteiger partial charge in [0.25, 0.3) is 11.8 Å². The average Bonchev–Trinajstić information content (AvgIpc) is 2.90. The van der Waals surface area contributed by atoms with Crippen molar-refractivity contribution >= 4 is 35.2 Å². The number of hydrogen-bond donors (Lipinski definition) is 0. The number of imide groups is 1. The van der Waals surface area contributed by atoms with E-state index in [1.54, 1.807) is 41.0 Å². The molecule has 1 saturated heterocycles. The molecule has 7 nitrogen and oxygen atoms in total. The van der Waals surface area contributed by atoms with E-state index in [4.69, 9.17) is 11.6 Å². The molecule has 1 aromatic rings. The van der Waals surface area contributed by atoms with Crippen molar-refractivity contribution in [2.24, 2.45) is 0 Å². The van der Waals surface area contributed by atoms with Gasteiger partial charge in [-0.25, -0.2) is 0 Å². The lowest BCUT2D eigenvalue weighted by Gasteiger charge is -2.35. The van der Waals surface area contributed by atoms with E-state index in [2.05, 4.69) is 0 Å². The van der Waals surface area contributed by atoms with E-state index in [9.17, 15) is 19.2 Å². The molecule has 1 fully saturated rings. The van der Waals surface area contributed by atoms with Gasteiger partial charge in [-0.15, -0.1) is 11.6 Å². The van der Waals surface area contributed by atoms with Crippen LogP contribution >= 0.6 is 11.6 Å². The molecule has 0 saturated carbocycles. The first kappa shape index (κ1) is 18.4. The molecule has 2 heterocycles. The van der Waals surface area contributed by atoms with Crippen molar-refractivity contribution in [1.29, 1.82) is 0 Å². The molecule has 138 valence electrons. The Morgan fingerprint density at radius 3 is 2.00 bits per heavy atom. The summed E-state index contributed by atoms with van der Waals surface area (Å²) in [5.41, 5.74) is 0.763. The SMILES string of the molecule is CC(Cl)C(=O)N1CCN(C(=O)CCN2C(=O)c3ccccc3C2=O)CC1. The van der Waals surface area contributed by atoms with E-state index < -0.39 is 5.38 Å². The third-order valence-electron chi connectivity index (χ3n) is 4.71. The minimum atomic E-state index is -0.578. The molecule has 1 aromatic carbocycles. The monoisotopic (exact) mass is 377 g/mol. The van der Waals surface area contributed by atoms with Crippen molar-refractivity contribution < 1.29 is 19.2 Å².